The van der Waals surface area contributed by atoms with E-state index in [1.54, 1.807) is 0 Å². The van der Waals surface area contributed by atoms with Crippen molar-refractivity contribution in [2.45, 2.75) is 19.8 Å². The third kappa shape index (κ3) is 0.778. The van der Waals surface area contributed by atoms with Crippen LogP contribution in [-0.2, 0) is 6.42 Å². The lowest BCUT2D eigenvalue weighted by Gasteiger charge is -2.05. The first-order valence-corrected chi connectivity index (χ1v) is 4.09. The number of hydrogen-bond donors (Lipinski definition) is 0. The summed E-state index contributed by atoms with van der Waals surface area (Å²) in [6, 6.07) is 0. The van der Waals surface area contributed by atoms with Crippen molar-refractivity contribution in [3.05, 3.63) is 17.5 Å². The molecule has 2 rings (SSSR count). The number of aryl methyl sites for hydroxylation is 1. The van der Waals surface area contributed by atoms with Gasteiger partial charge in [-0.15, -0.1) is 0 Å². The van der Waals surface area contributed by atoms with E-state index in [0.717, 1.165) is 18.5 Å². The fourth-order valence-corrected chi connectivity index (χ4v) is 1.84. The summed E-state index contributed by atoms with van der Waals surface area (Å²) in [5.74, 6) is 0. The van der Waals surface area contributed by atoms with E-state index in [0.29, 0.717) is 0 Å². The van der Waals surface area contributed by atoms with Crippen molar-refractivity contribution in [2.24, 2.45) is 0 Å². The first-order valence-electron chi connectivity index (χ1n) is 3.36. The van der Waals surface area contributed by atoms with E-state index < -0.39 is 0 Å². The third-order valence-electron chi connectivity index (χ3n) is 1.76. The zero-order chi connectivity index (χ0) is 6.97. The zero-order valence-corrected chi connectivity index (χ0v) is 6.61. The Morgan fingerprint density at radius 2 is 2.40 bits per heavy atom. The van der Waals surface area contributed by atoms with Crippen LogP contribution >= 0.6 is 11.7 Å². The van der Waals surface area contributed by atoms with Crippen LogP contribution in [0.25, 0.3) is 5.57 Å². The molecular weight excluding hydrogens is 144 g/mol. The van der Waals surface area contributed by atoms with Gasteiger partial charge < -0.3 is 0 Å². The fourth-order valence-electron chi connectivity index (χ4n) is 1.19. The Morgan fingerprint density at radius 3 is 3.20 bits per heavy atom. The van der Waals surface area contributed by atoms with E-state index in [1.807, 2.05) is 0 Å². The molecule has 1 aliphatic carbocycles. The van der Waals surface area contributed by atoms with Crippen molar-refractivity contribution in [1.82, 2.24) is 8.75 Å². The van der Waals surface area contributed by atoms with E-state index in [9.17, 15) is 0 Å². The lowest BCUT2D eigenvalue weighted by molar-refractivity contribution is 0.938. The van der Waals surface area contributed by atoms with Crippen molar-refractivity contribution >= 4 is 17.3 Å². The molecule has 0 N–H and O–H groups in total. The largest absolute Gasteiger partial charge is 0.177 e. The molecule has 52 valence electrons. The van der Waals surface area contributed by atoms with Crippen LogP contribution in [0.4, 0.5) is 0 Å². The van der Waals surface area contributed by atoms with Gasteiger partial charge in [0, 0.05) is 0 Å². The second-order valence-electron chi connectivity index (χ2n) is 2.49. The summed E-state index contributed by atoms with van der Waals surface area (Å²) in [4.78, 5) is 0. The molecular formula is C7H8N2S. The molecule has 0 spiro atoms. The summed E-state index contributed by atoms with van der Waals surface area (Å²) in [7, 11) is 0. The maximum Gasteiger partial charge on any atom is 0.103 e. The smallest absolute Gasteiger partial charge is 0.103 e. The maximum absolute atomic E-state index is 4.20. The highest BCUT2D eigenvalue weighted by atomic mass is 32.1. The number of allylic oxidation sites excluding steroid dienone is 2. The van der Waals surface area contributed by atoms with Crippen LogP contribution in [0, 0.1) is 0 Å². The van der Waals surface area contributed by atoms with Gasteiger partial charge in [-0.3, -0.25) is 0 Å². The Hall–Kier alpha value is -0.700. The predicted molar refractivity (Wildman–Crippen MR) is 41.9 cm³/mol. The van der Waals surface area contributed by atoms with Crippen molar-refractivity contribution in [2.75, 3.05) is 0 Å². The summed E-state index contributed by atoms with van der Waals surface area (Å²) in [6.07, 6.45) is 4.43. The minimum Gasteiger partial charge on any atom is -0.177 e. The van der Waals surface area contributed by atoms with Gasteiger partial charge in [-0.05, 0) is 25.3 Å². The summed E-state index contributed by atoms with van der Waals surface area (Å²) in [6.45, 7) is 2.10. The van der Waals surface area contributed by atoms with Gasteiger partial charge in [0.25, 0.3) is 0 Å². The summed E-state index contributed by atoms with van der Waals surface area (Å²) in [5.41, 5.74) is 3.59. The van der Waals surface area contributed by atoms with Gasteiger partial charge in [-0.1, -0.05) is 6.08 Å². The number of rotatable bonds is 0. The molecule has 0 amide bonds. The third-order valence-corrected chi connectivity index (χ3v) is 2.33. The molecule has 0 aromatic carbocycles. The van der Waals surface area contributed by atoms with Gasteiger partial charge in [0.1, 0.15) is 5.69 Å². The molecule has 0 bridgehead atoms. The minimum atomic E-state index is 1.07. The van der Waals surface area contributed by atoms with E-state index in [1.165, 1.54) is 23.0 Å². The van der Waals surface area contributed by atoms with Gasteiger partial charge in [0.2, 0.25) is 0 Å². The van der Waals surface area contributed by atoms with Crippen LogP contribution in [0.5, 0.6) is 0 Å². The van der Waals surface area contributed by atoms with Crippen LogP contribution in [0.3, 0.4) is 0 Å². The molecule has 10 heavy (non-hydrogen) atoms. The lowest BCUT2D eigenvalue weighted by atomic mass is 10.0. The van der Waals surface area contributed by atoms with E-state index in [2.05, 4.69) is 21.7 Å². The number of aromatic nitrogens is 2. The molecule has 0 fully saturated rings. The number of nitrogens with zero attached hydrogens (tertiary/aromatic N) is 2. The van der Waals surface area contributed by atoms with Crippen LogP contribution in [0.1, 0.15) is 24.7 Å². The summed E-state index contributed by atoms with van der Waals surface area (Å²) >= 11 is 1.32. The lowest BCUT2D eigenvalue weighted by Crippen LogP contribution is -1.95. The maximum atomic E-state index is 4.20. The highest BCUT2D eigenvalue weighted by molar-refractivity contribution is 6.99. The average molecular weight is 152 g/mol. The van der Waals surface area contributed by atoms with Crippen LogP contribution in [0.2, 0.25) is 0 Å². The molecule has 0 saturated heterocycles. The first-order chi connectivity index (χ1) is 4.88. The van der Waals surface area contributed by atoms with Gasteiger partial charge >= 0.3 is 0 Å². The standard InChI is InChI=1S/C7H8N2S/c1-5-3-2-4-6-7(5)9-10-8-6/h3H,2,4H2,1H3. The van der Waals surface area contributed by atoms with Gasteiger partial charge in [0.05, 0.1) is 17.4 Å². The Balaban J connectivity index is 2.55. The molecule has 3 heteroatoms. The zero-order valence-electron chi connectivity index (χ0n) is 5.79. The molecule has 1 aromatic heterocycles. The second-order valence-corrected chi connectivity index (χ2v) is 3.01. The molecule has 1 heterocycles. The van der Waals surface area contributed by atoms with Gasteiger partial charge in [0.15, 0.2) is 0 Å². The van der Waals surface area contributed by atoms with Crippen molar-refractivity contribution in [1.29, 1.82) is 0 Å². The minimum absolute atomic E-state index is 1.07. The quantitative estimate of drug-likeness (QED) is 0.567. The van der Waals surface area contributed by atoms with Crippen LogP contribution in [0.15, 0.2) is 6.08 Å². The van der Waals surface area contributed by atoms with Crippen molar-refractivity contribution in [3.8, 4) is 0 Å². The summed E-state index contributed by atoms with van der Waals surface area (Å²) in [5, 5.41) is 0. The van der Waals surface area contributed by atoms with E-state index in [-0.39, 0.29) is 0 Å². The van der Waals surface area contributed by atoms with Crippen molar-refractivity contribution in [3.63, 3.8) is 0 Å². The van der Waals surface area contributed by atoms with Crippen molar-refractivity contribution < 1.29 is 0 Å². The topological polar surface area (TPSA) is 25.8 Å². The fraction of sp³-hybridized carbons (Fsp3) is 0.429. The Morgan fingerprint density at radius 1 is 1.50 bits per heavy atom. The highest BCUT2D eigenvalue weighted by Gasteiger charge is 2.12. The van der Waals surface area contributed by atoms with E-state index >= 15 is 0 Å². The average Bonchev–Trinajstić information content (AvgIpc) is 2.36. The molecule has 1 aromatic rings. The molecule has 1 aliphatic rings. The predicted octanol–water partition coefficient (Wildman–Crippen LogP) is 1.89. The Bertz CT molecular complexity index is 275. The molecule has 0 aliphatic heterocycles. The normalized spacial score (nSPS) is 16.3. The van der Waals surface area contributed by atoms with Crippen LogP contribution in [-0.4, -0.2) is 8.75 Å². The Kier molecular flexibility index (Phi) is 1.31. The SMILES string of the molecule is CC1=CCCc2nsnc21. The monoisotopic (exact) mass is 152 g/mol. The van der Waals surface area contributed by atoms with E-state index in [4.69, 9.17) is 0 Å². The summed E-state index contributed by atoms with van der Waals surface area (Å²) < 4.78 is 8.40. The highest BCUT2D eigenvalue weighted by Crippen LogP contribution is 2.23. The Labute approximate surface area is 63.9 Å². The second kappa shape index (κ2) is 2.16. The molecule has 0 atom stereocenters. The molecule has 2 nitrogen and oxygen atoms in total. The van der Waals surface area contributed by atoms with Gasteiger partial charge in [-0.2, -0.15) is 8.75 Å². The van der Waals surface area contributed by atoms with Crippen LogP contribution < -0.4 is 0 Å². The van der Waals surface area contributed by atoms with Gasteiger partial charge in [-0.25, -0.2) is 0 Å². The molecule has 0 radical (unpaired) electrons. The molecule has 0 unspecified atom stereocenters. The number of fused-ring (bicyclic) bond motifs is 1. The number of hydrogen-bond acceptors (Lipinski definition) is 3. The first kappa shape index (κ1) is 6.04. The molecule has 0 saturated carbocycles.